The van der Waals surface area contributed by atoms with Crippen molar-refractivity contribution in [1.29, 1.82) is 0 Å². The van der Waals surface area contributed by atoms with E-state index in [9.17, 15) is 4.79 Å². The summed E-state index contributed by atoms with van der Waals surface area (Å²) in [5, 5.41) is 7.29. The summed E-state index contributed by atoms with van der Waals surface area (Å²) in [6.45, 7) is 4.27. The van der Waals surface area contributed by atoms with Gasteiger partial charge in [0.1, 0.15) is 6.33 Å². The molecule has 0 unspecified atom stereocenters. The molecule has 126 valence electrons. The first-order valence-corrected chi connectivity index (χ1v) is 7.97. The zero-order valence-corrected chi connectivity index (χ0v) is 14.2. The normalized spacial score (nSPS) is 24.8. The zero-order chi connectivity index (χ0) is 17.2. The van der Waals surface area contributed by atoms with Crippen LogP contribution < -0.4 is 0 Å². The zero-order valence-electron chi connectivity index (χ0n) is 13.5. The van der Waals surface area contributed by atoms with Gasteiger partial charge in [0.25, 0.3) is 0 Å². The van der Waals surface area contributed by atoms with E-state index in [1.54, 1.807) is 18.2 Å². The van der Waals surface area contributed by atoms with Crippen molar-refractivity contribution in [1.82, 2.24) is 15.2 Å². The fourth-order valence-electron chi connectivity index (χ4n) is 2.39. The summed E-state index contributed by atoms with van der Waals surface area (Å²) in [6, 6.07) is 7.20. The molecule has 1 aliphatic heterocycles. The van der Waals surface area contributed by atoms with Gasteiger partial charge in [0.2, 0.25) is 0 Å². The van der Waals surface area contributed by atoms with Crippen molar-refractivity contribution in [3.63, 3.8) is 0 Å². The van der Waals surface area contributed by atoms with E-state index in [1.165, 1.54) is 6.33 Å². The van der Waals surface area contributed by atoms with E-state index in [2.05, 4.69) is 15.2 Å². The molecule has 1 aromatic heterocycles. The van der Waals surface area contributed by atoms with Gasteiger partial charge in [-0.05, 0) is 37.6 Å². The number of aromatic nitrogens is 3. The highest BCUT2D eigenvalue weighted by atomic mass is 35.5. The number of H-pyrrole nitrogens is 1. The molecule has 1 fully saturated rings. The molecule has 0 amide bonds. The maximum atomic E-state index is 12.8. The Kier molecular flexibility index (Phi) is 4.80. The highest BCUT2D eigenvalue weighted by Gasteiger charge is 2.37. The van der Waals surface area contributed by atoms with Gasteiger partial charge in [-0.1, -0.05) is 23.7 Å². The first-order chi connectivity index (χ1) is 11.5. The van der Waals surface area contributed by atoms with Crippen LogP contribution in [0, 0.1) is 5.41 Å². The second-order valence-corrected chi connectivity index (χ2v) is 6.45. The van der Waals surface area contributed by atoms with E-state index in [1.807, 2.05) is 26.0 Å². The van der Waals surface area contributed by atoms with Crippen LogP contribution in [0.2, 0.25) is 5.02 Å². The Labute approximate surface area is 144 Å². The van der Waals surface area contributed by atoms with Crippen molar-refractivity contribution in [3.05, 3.63) is 53.1 Å². The average Bonchev–Trinajstić information content (AvgIpc) is 3.10. The lowest BCUT2D eigenvalue weighted by atomic mass is 9.85. The van der Waals surface area contributed by atoms with E-state index >= 15 is 0 Å². The van der Waals surface area contributed by atoms with Gasteiger partial charge in [0.05, 0.1) is 18.6 Å². The highest BCUT2D eigenvalue weighted by molar-refractivity contribution is 6.30. The highest BCUT2D eigenvalue weighted by Crippen LogP contribution is 2.29. The van der Waals surface area contributed by atoms with Crippen molar-refractivity contribution >= 4 is 23.0 Å². The molecular weight excluding hydrogens is 330 g/mol. The van der Waals surface area contributed by atoms with Crippen LogP contribution in [0.15, 0.2) is 36.7 Å². The summed E-state index contributed by atoms with van der Waals surface area (Å²) in [7, 11) is 0. The number of rotatable bonds is 4. The number of allylic oxidation sites excluding steroid dienone is 1. The number of benzene rings is 1. The minimum absolute atomic E-state index is 0.0873. The van der Waals surface area contributed by atoms with Crippen LogP contribution in [0.3, 0.4) is 0 Å². The second-order valence-electron chi connectivity index (χ2n) is 6.01. The molecule has 2 heterocycles. The van der Waals surface area contributed by atoms with Gasteiger partial charge in [-0.2, -0.15) is 5.10 Å². The number of ketones is 1. The predicted octanol–water partition coefficient (Wildman–Crippen LogP) is 2.86. The van der Waals surface area contributed by atoms with Crippen LogP contribution in [0.5, 0.6) is 0 Å². The first kappa shape index (κ1) is 16.8. The first-order valence-electron chi connectivity index (χ1n) is 7.59. The van der Waals surface area contributed by atoms with Crippen LogP contribution in [0.4, 0.5) is 0 Å². The molecule has 6 nitrogen and oxygen atoms in total. The Bertz CT molecular complexity index is 733. The van der Waals surface area contributed by atoms with E-state index in [-0.39, 0.29) is 12.1 Å². The Balaban J connectivity index is 1.95. The number of carbonyl (C=O) groups is 1. The molecule has 1 aliphatic rings. The Morgan fingerprint density at radius 1 is 1.33 bits per heavy atom. The van der Waals surface area contributed by atoms with E-state index in [0.29, 0.717) is 29.6 Å². The Morgan fingerprint density at radius 2 is 2.00 bits per heavy atom. The number of halogens is 1. The molecule has 0 saturated carbocycles. The van der Waals surface area contributed by atoms with Crippen molar-refractivity contribution in [2.75, 3.05) is 13.2 Å². The second kappa shape index (κ2) is 6.84. The van der Waals surface area contributed by atoms with Gasteiger partial charge in [-0.25, -0.2) is 4.98 Å². The molecule has 1 N–H and O–H groups in total. The topological polar surface area (TPSA) is 77.1 Å². The molecule has 24 heavy (non-hydrogen) atoms. The van der Waals surface area contributed by atoms with Gasteiger partial charge in [-0.3, -0.25) is 9.89 Å². The van der Waals surface area contributed by atoms with Crippen LogP contribution in [0.1, 0.15) is 25.2 Å². The molecule has 2 aromatic rings. The van der Waals surface area contributed by atoms with Gasteiger partial charge in [0, 0.05) is 10.6 Å². The fourth-order valence-corrected chi connectivity index (χ4v) is 2.52. The third kappa shape index (κ3) is 3.56. The van der Waals surface area contributed by atoms with Crippen molar-refractivity contribution in [2.24, 2.45) is 5.41 Å². The van der Waals surface area contributed by atoms with E-state index in [4.69, 9.17) is 21.1 Å². The standard InChI is InChI=1S/C17H18ClN3O3/c1-11-23-8-17(2,9-24-11)15(22)7-14(16-19-10-20-21-16)12-3-5-13(18)6-4-12/h3-7,10-11H,8-9H2,1-2H3,(H,19,20,21). The minimum Gasteiger partial charge on any atom is -0.352 e. The van der Waals surface area contributed by atoms with Crippen LogP contribution >= 0.6 is 11.6 Å². The summed E-state index contributed by atoms with van der Waals surface area (Å²) in [4.78, 5) is 17.0. The monoisotopic (exact) mass is 347 g/mol. The summed E-state index contributed by atoms with van der Waals surface area (Å²) in [6.07, 6.45) is 2.67. The number of ether oxygens (including phenoxy) is 2. The van der Waals surface area contributed by atoms with Gasteiger partial charge in [0.15, 0.2) is 17.9 Å². The quantitative estimate of drug-likeness (QED) is 0.860. The van der Waals surface area contributed by atoms with Gasteiger partial charge < -0.3 is 9.47 Å². The molecule has 1 saturated heterocycles. The lowest BCUT2D eigenvalue weighted by molar-refractivity contribution is -0.213. The van der Waals surface area contributed by atoms with Crippen molar-refractivity contribution in [3.8, 4) is 0 Å². The van der Waals surface area contributed by atoms with Gasteiger partial charge >= 0.3 is 0 Å². The fraction of sp³-hybridized carbons (Fsp3) is 0.353. The SMILES string of the molecule is CC1OCC(C)(C(=O)C=C(c2ccc(Cl)cc2)c2ncn[nH]2)CO1. The van der Waals surface area contributed by atoms with E-state index < -0.39 is 5.41 Å². The molecule has 3 rings (SSSR count). The summed E-state index contributed by atoms with van der Waals surface area (Å²) < 4.78 is 11.0. The number of hydrogen-bond acceptors (Lipinski definition) is 5. The Hall–Kier alpha value is -2.02. The predicted molar refractivity (Wildman–Crippen MR) is 89.4 cm³/mol. The third-order valence-corrected chi connectivity index (χ3v) is 4.22. The maximum Gasteiger partial charge on any atom is 0.166 e. The Morgan fingerprint density at radius 3 is 2.58 bits per heavy atom. The molecule has 0 radical (unpaired) electrons. The lowest BCUT2D eigenvalue weighted by Gasteiger charge is -2.34. The number of carbonyl (C=O) groups excluding carboxylic acids is 1. The molecule has 1 aromatic carbocycles. The largest absolute Gasteiger partial charge is 0.352 e. The number of nitrogens with zero attached hydrogens (tertiary/aromatic N) is 2. The summed E-state index contributed by atoms with van der Waals surface area (Å²) >= 11 is 5.95. The minimum atomic E-state index is -0.732. The average molecular weight is 348 g/mol. The van der Waals surface area contributed by atoms with Gasteiger partial charge in [-0.15, -0.1) is 0 Å². The third-order valence-electron chi connectivity index (χ3n) is 3.97. The molecule has 7 heteroatoms. The van der Waals surface area contributed by atoms with Crippen molar-refractivity contribution in [2.45, 2.75) is 20.1 Å². The molecule has 0 spiro atoms. The van der Waals surface area contributed by atoms with E-state index in [0.717, 1.165) is 5.56 Å². The van der Waals surface area contributed by atoms with Crippen LogP contribution in [0.25, 0.3) is 5.57 Å². The summed E-state index contributed by atoms with van der Waals surface area (Å²) in [5.41, 5.74) is 0.734. The lowest BCUT2D eigenvalue weighted by Crippen LogP contribution is -2.43. The van der Waals surface area contributed by atoms with Crippen LogP contribution in [-0.2, 0) is 14.3 Å². The molecule has 0 atom stereocenters. The smallest absolute Gasteiger partial charge is 0.166 e. The number of nitrogens with one attached hydrogen (secondary N) is 1. The number of hydrogen-bond donors (Lipinski definition) is 1. The maximum absolute atomic E-state index is 12.8. The molecule has 0 bridgehead atoms. The summed E-state index contributed by atoms with van der Waals surface area (Å²) in [5.74, 6) is 0.427. The molecular formula is C17H18ClN3O3. The van der Waals surface area contributed by atoms with Crippen LogP contribution in [-0.4, -0.2) is 40.5 Å². The number of aromatic amines is 1. The molecule has 0 aliphatic carbocycles. The van der Waals surface area contributed by atoms with Crippen molar-refractivity contribution < 1.29 is 14.3 Å².